The summed E-state index contributed by atoms with van der Waals surface area (Å²) in [6.07, 6.45) is 3.54. The Labute approximate surface area is 94.6 Å². The van der Waals surface area contributed by atoms with Gasteiger partial charge >= 0.3 is 5.97 Å². The van der Waals surface area contributed by atoms with Crippen LogP contribution in [0.4, 0.5) is 0 Å². The summed E-state index contributed by atoms with van der Waals surface area (Å²) in [4.78, 5) is 17.5. The lowest BCUT2D eigenvalue weighted by Gasteiger charge is -2.17. The van der Waals surface area contributed by atoms with Crippen LogP contribution >= 0.6 is 12.4 Å². The highest BCUT2D eigenvalue weighted by molar-refractivity contribution is 5.85. The van der Waals surface area contributed by atoms with Crippen LogP contribution in [0.2, 0.25) is 0 Å². The smallest absolute Gasteiger partial charge is 0.330 e. The van der Waals surface area contributed by atoms with E-state index >= 15 is 0 Å². The quantitative estimate of drug-likeness (QED) is 0.687. The molecule has 0 aliphatic carbocycles. The number of rotatable bonds is 2. The molecule has 2 rings (SSSR count). The standard InChI is InChI=1S/C9H13N3O2.ClH/c1-2-14-9(13)7-6-12-4-3-10-5-8(12)11-7;/h3,5,7,11H,2,4,6H2,1H3;1H. The van der Waals surface area contributed by atoms with Crippen molar-refractivity contribution in [1.29, 1.82) is 0 Å². The molecule has 1 N–H and O–H groups in total. The van der Waals surface area contributed by atoms with E-state index < -0.39 is 0 Å². The lowest BCUT2D eigenvalue weighted by atomic mass is 10.3. The Kier molecular flexibility index (Phi) is 3.96. The number of carbonyl (C=O) groups excluding carboxylic acids is 1. The van der Waals surface area contributed by atoms with Gasteiger partial charge in [-0.2, -0.15) is 0 Å². The molecule has 0 spiro atoms. The summed E-state index contributed by atoms with van der Waals surface area (Å²) >= 11 is 0. The summed E-state index contributed by atoms with van der Waals surface area (Å²) in [6, 6.07) is -0.247. The summed E-state index contributed by atoms with van der Waals surface area (Å²) in [5.41, 5.74) is 0. The number of nitrogens with zero attached hydrogens (tertiary/aromatic N) is 2. The van der Waals surface area contributed by atoms with Crippen LogP contribution in [-0.2, 0) is 9.53 Å². The number of ether oxygens (including phenoxy) is 1. The molecule has 15 heavy (non-hydrogen) atoms. The Balaban J connectivity index is 0.00000112. The predicted molar refractivity (Wildman–Crippen MR) is 59.0 cm³/mol. The van der Waals surface area contributed by atoms with E-state index in [2.05, 4.69) is 15.2 Å². The van der Waals surface area contributed by atoms with Gasteiger partial charge in [-0.3, -0.25) is 4.99 Å². The molecule has 6 heteroatoms. The number of esters is 1. The van der Waals surface area contributed by atoms with Crippen LogP contribution in [0.3, 0.4) is 0 Å². The van der Waals surface area contributed by atoms with Crippen LogP contribution in [0.1, 0.15) is 6.92 Å². The first kappa shape index (κ1) is 11.8. The Morgan fingerprint density at radius 2 is 2.60 bits per heavy atom. The van der Waals surface area contributed by atoms with Gasteiger partial charge in [0.1, 0.15) is 11.9 Å². The molecule has 1 saturated heterocycles. The summed E-state index contributed by atoms with van der Waals surface area (Å²) in [5, 5.41) is 3.08. The fourth-order valence-electron chi connectivity index (χ4n) is 1.57. The number of aliphatic imine (C=N–C) groups is 1. The third-order valence-corrected chi connectivity index (χ3v) is 2.24. The Morgan fingerprint density at radius 3 is 3.27 bits per heavy atom. The average molecular weight is 232 g/mol. The first-order valence-electron chi connectivity index (χ1n) is 4.71. The van der Waals surface area contributed by atoms with E-state index in [1.165, 1.54) is 0 Å². The van der Waals surface area contributed by atoms with Gasteiger partial charge < -0.3 is 15.0 Å². The van der Waals surface area contributed by atoms with E-state index in [9.17, 15) is 4.79 Å². The van der Waals surface area contributed by atoms with Crippen LogP contribution < -0.4 is 5.32 Å². The highest BCUT2D eigenvalue weighted by Gasteiger charge is 2.32. The minimum atomic E-state index is -0.247. The molecule has 1 fully saturated rings. The molecule has 0 saturated carbocycles. The molecule has 1 unspecified atom stereocenters. The Morgan fingerprint density at radius 1 is 1.80 bits per heavy atom. The minimum absolute atomic E-state index is 0. The molecule has 84 valence electrons. The second-order valence-electron chi connectivity index (χ2n) is 3.20. The normalized spacial score (nSPS) is 22.3. The fraction of sp³-hybridized carbons (Fsp3) is 0.556. The first-order chi connectivity index (χ1) is 6.81. The van der Waals surface area contributed by atoms with Crippen molar-refractivity contribution < 1.29 is 9.53 Å². The second kappa shape index (κ2) is 5.02. The van der Waals surface area contributed by atoms with Gasteiger partial charge in [0.25, 0.3) is 0 Å². The zero-order chi connectivity index (χ0) is 9.97. The highest BCUT2D eigenvalue weighted by Crippen LogP contribution is 2.14. The largest absolute Gasteiger partial charge is 0.464 e. The molecule has 2 aliphatic heterocycles. The van der Waals surface area contributed by atoms with E-state index in [0.717, 1.165) is 12.4 Å². The van der Waals surface area contributed by atoms with Crippen molar-refractivity contribution in [3.05, 3.63) is 12.0 Å². The predicted octanol–water partition coefficient (Wildman–Crippen LogP) is 0.128. The van der Waals surface area contributed by atoms with Gasteiger partial charge in [0.05, 0.1) is 25.9 Å². The Hall–Kier alpha value is -1.23. The van der Waals surface area contributed by atoms with Crippen molar-refractivity contribution >= 4 is 24.6 Å². The van der Waals surface area contributed by atoms with Gasteiger partial charge in [-0.1, -0.05) is 0 Å². The monoisotopic (exact) mass is 231 g/mol. The van der Waals surface area contributed by atoms with Gasteiger partial charge in [0.2, 0.25) is 0 Å². The van der Waals surface area contributed by atoms with Crippen molar-refractivity contribution in [3.8, 4) is 0 Å². The van der Waals surface area contributed by atoms with Crippen molar-refractivity contribution in [3.63, 3.8) is 0 Å². The lowest BCUT2D eigenvalue weighted by molar-refractivity contribution is -0.144. The van der Waals surface area contributed by atoms with Crippen molar-refractivity contribution in [2.75, 3.05) is 19.7 Å². The molecule has 2 heterocycles. The number of fused-ring (bicyclic) bond motifs is 1. The number of carbonyl (C=O) groups is 1. The second-order valence-corrected chi connectivity index (χ2v) is 3.20. The van der Waals surface area contributed by atoms with Crippen LogP contribution in [0.25, 0.3) is 0 Å². The van der Waals surface area contributed by atoms with Gasteiger partial charge in [-0.15, -0.1) is 12.4 Å². The molecule has 5 nitrogen and oxygen atoms in total. The maximum Gasteiger partial charge on any atom is 0.330 e. The Bertz CT molecular complexity index is 304. The summed E-state index contributed by atoms with van der Waals surface area (Å²) < 4.78 is 4.94. The zero-order valence-electron chi connectivity index (χ0n) is 8.47. The minimum Gasteiger partial charge on any atom is -0.464 e. The summed E-state index contributed by atoms with van der Waals surface area (Å²) in [7, 11) is 0. The maximum atomic E-state index is 11.4. The zero-order valence-corrected chi connectivity index (χ0v) is 9.29. The number of hydrogen-bond donors (Lipinski definition) is 1. The lowest BCUT2D eigenvalue weighted by Crippen LogP contribution is -2.34. The fourth-order valence-corrected chi connectivity index (χ4v) is 1.57. The van der Waals surface area contributed by atoms with Gasteiger partial charge in [0, 0.05) is 6.21 Å². The summed E-state index contributed by atoms with van der Waals surface area (Å²) in [5.74, 6) is 0.716. The van der Waals surface area contributed by atoms with Crippen LogP contribution in [0, 0.1) is 0 Å². The molecule has 0 aromatic rings. The molecule has 0 aromatic carbocycles. The van der Waals surface area contributed by atoms with Crippen LogP contribution in [0.5, 0.6) is 0 Å². The van der Waals surface area contributed by atoms with Crippen molar-refractivity contribution in [2.24, 2.45) is 4.99 Å². The number of nitrogens with one attached hydrogen (secondary N) is 1. The summed E-state index contributed by atoms with van der Waals surface area (Å²) in [6.45, 7) is 3.65. The van der Waals surface area contributed by atoms with Crippen molar-refractivity contribution in [2.45, 2.75) is 13.0 Å². The SMILES string of the molecule is CCOC(=O)C1CN2CC=NC=C2N1.Cl. The maximum absolute atomic E-state index is 11.4. The van der Waals surface area contributed by atoms with Crippen molar-refractivity contribution in [1.82, 2.24) is 10.2 Å². The molecule has 0 bridgehead atoms. The number of hydrogen-bond acceptors (Lipinski definition) is 5. The molecule has 0 radical (unpaired) electrons. The van der Waals surface area contributed by atoms with Gasteiger partial charge in [-0.05, 0) is 6.92 Å². The van der Waals surface area contributed by atoms with Crippen LogP contribution in [0.15, 0.2) is 17.0 Å². The van der Waals surface area contributed by atoms with Gasteiger partial charge in [0.15, 0.2) is 0 Å². The molecule has 0 aromatic heterocycles. The van der Waals surface area contributed by atoms with E-state index in [1.54, 1.807) is 6.20 Å². The van der Waals surface area contributed by atoms with E-state index in [4.69, 9.17) is 4.74 Å². The van der Waals surface area contributed by atoms with Gasteiger partial charge in [-0.25, -0.2) is 4.79 Å². The number of halogens is 1. The average Bonchev–Trinajstić information content (AvgIpc) is 2.61. The third-order valence-electron chi connectivity index (χ3n) is 2.24. The molecule has 2 aliphatic rings. The molecule has 0 amide bonds. The van der Waals surface area contributed by atoms with E-state index in [-0.39, 0.29) is 24.4 Å². The van der Waals surface area contributed by atoms with E-state index in [1.807, 2.05) is 13.1 Å². The molecular formula is C9H14ClN3O2. The van der Waals surface area contributed by atoms with Crippen LogP contribution in [-0.4, -0.2) is 42.8 Å². The molecular weight excluding hydrogens is 218 g/mol. The highest BCUT2D eigenvalue weighted by atomic mass is 35.5. The molecule has 1 atom stereocenters. The third kappa shape index (κ3) is 2.41. The first-order valence-corrected chi connectivity index (χ1v) is 4.71. The van der Waals surface area contributed by atoms with E-state index in [0.29, 0.717) is 13.2 Å². The topological polar surface area (TPSA) is 53.9 Å².